The highest BCUT2D eigenvalue weighted by Gasteiger charge is 2.39. The maximum absolute atomic E-state index is 11.6. The molecule has 6 nitrogen and oxygen atoms in total. The predicted octanol–water partition coefficient (Wildman–Crippen LogP) is 0.456. The van der Waals surface area contributed by atoms with Crippen LogP contribution in [0.25, 0.3) is 0 Å². The Labute approximate surface area is 105 Å². The predicted molar refractivity (Wildman–Crippen MR) is 60.3 cm³/mol. The lowest BCUT2D eigenvalue weighted by atomic mass is 9.91. The minimum Gasteiger partial charge on any atom is -0.468 e. The molecule has 0 saturated heterocycles. The van der Waals surface area contributed by atoms with Crippen LogP contribution in [0.5, 0.6) is 0 Å². The van der Waals surface area contributed by atoms with Crippen LogP contribution >= 0.6 is 0 Å². The fourth-order valence-corrected chi connectivity index (χ4v) is 1.94. The number of carbonyl (C=O) groups is 3. The zero-order valence-electron chi connectivity index (χ0n) is 10.5. The molecular formula is C12H16O6. The van der Waals surface area contributed by atoms with Crippen LogP contribution in [-0.2, 0) is 28.6 Å². The van der Waals surface area contributed by atoms with E-state index in [2.05, 4.69) is 9.47 Å². The van der Waals surface area contributed by atoms with Gasteiger partial charge in [-0.2, -0.15) is 0 Å². The van der Waals surface area contributed by atoms with Gasteiger partial charge in [-0.05, 0) is 12.5 Å². The van der Waals surface area contributed by atoms with Gasteiger partial charge in [0.2, 0.25) is 0 Å². The summed E-state index contributed by atoms with van der Waals surface area (Å²) in [6.07, 6.45) is 3.29. The SMILES string of the molecule is COC(=O)C(C(=O)OC)C1C=CC(OC(C)=O)C1. The lowest BCUT2D eigenvalue weighted by Crippen LogP contribution is -2.32. The molecule has 0 amide bonds. The third-order valence-corrected chi connectivity index (χ3v) is 2.73. The monoisotopic (exact) mass is 256 g/mol. The number of hydrogen-bond acceptors (Lipinski definition) is 6. The van der Waals surface area contributed by atoms with Crippen molar-refractivity contribution in [2.24, 2.45) is 11.8 Å². The zero-order valence-corrected chi connectivity index (χ0v) is 10.5. The molecule has 2 atom stereocenters. The summed E-state index contributed by atoms with van der Waals surface area (Å²) in [5, 5.41) is 0. The van der Waals surface area contributed by atoms with Gasteiger partial charge in [0.25, 0.3) is 0 Å². The summed E-state index contributed by atoms with van der Waals surface area (Å²) in [7, 11) is 2.42. The van der Waals surface area contributed by atoms with Crippen LogP contribution in [0, 0.1) is 11.8 Å². The van der Waals surface area contributed by atoms with Gasteiger partial charge < -0.3 is 14.2 Å². The normalized spacial score (nSPS) is 21.8. The molecule has 1 rings (SSSR count). The van der Waals surface area contributed by atoms with Gasteiger partial charge in [-0.25, -0.2) is 0 Å². The average molecular weight is 256 g/mol. The smallest absolute Gasteiger partial charge is 0.320 e. The Morgan fingerprint density at radius 1 is 1.11 bits per heavy atom. The maximum Gasteiger partial charge on any atom is 0.320 e. The topological polar surface area (TPSA) is 78.9 Å². The fraction of sp³-hybridized carbons (Fsp3) is 0.583. The molecule has 0 heterocycles. The minimum absolute atomic E-state index is 0.369. The molecule has 18 heavy (non-hydrogen) atoms. The van der Waals surface area contributed by atoms with Crippen molar-refractivity contribution in [1.82, 2.24) is 0 Å². The first-order valence-electron chi connectivity index (χ1n) is 5.50. The largest absolute Gasteiger partial charge is 0.468 e. The quantitative estimate of drug-likeness (QED) is 0.314. The van der Waals surface area contributed by atoms with Crippen molar-refractivity contribution in [3.05, 3.63) is 12.2 Å². The first kappa shape index (κ1) is 14.2. The zero-order chi connectivity index (χ0) is 13.7. The van der Waals surface area contributed by atoms with Crippen molar-refractivity contribution in [2.75, 3.05) is 14.2 Å². The molecule has 0 spiro atoms. The van der Waals surface area contributed by atoms with Gasteiger partial charge >= 0.3 is 17.9 Å². The number of rotatable bonds is 4. The number of carbonyl (C=O) groups excluding carboxylic acids is 3. The van der Waals surface area contributed by atoms with Crippen LogP contribution < -0.4 is 0 Å². The van der Waals surface area contributed by atoms with E-state index in [1.54, 1.807) is 12.2 Å². The van der Waals surface area contributed by atoms with Crippen LogP contribution in [0.1, 0.15) is 13.3 Å². The second kappa shape index (κ2) is 6.18. The molecule has 0 aliphatic heterocycles. The van der Waals surface area contributed by atoms with E-state index in [4.69, 9.17) is 4.74 Å². The summed E-state index contributed by atoms with van der Waals surface area (Å²) in [5.74, 6) is -3.11. The summed E-state index contributed by atoms with van der Waals surface area (Å²) in [4.78, 5) is 33.9. The molecule has 0 aromatic heterocycles. The molecule has 1 aliphatic rings. The van der Waals surface area contributed by atoms with E-state index in [1.807, 2.05) is 0 Å². The Hall–Kier alpha value is -1.85. The number of allylic oxidation sites excluding steroid dienone is 1. The summed E-state index contributed by atoms with van der Waals surface area (Å²) < 4.78 is 14.2. The highest BCUT2D eigenvalue weighted by Crippen LogP contribution is 2.29. The molecule has 0 radical (unpaired) electrons. The van der Waals surface area contributed by atoms with E-state index in [-0.39, 0.29) is 5.92 Å². The molecule has 0 fully saturated rings. The number of methoxy groups -OCH3 is 2. The fourth-order valence-electron chi connectivity index (χ4n) is 1.94. The van der Waals surface area contributed by atoms with Gasteiger partial charge in [-0.1, -0.05) is 6.08 Å². The maximum atomic E-state index is 11.6. The van der Waals surface area contributed by atoms with Crippen molar-refractivity contribution >= 4 is 17.9 Å². The summed E-state index contributed by atoms with van der Waals surface area (Å²) in [6.45, 7) is 1.30. The van der Waals surface area contributed by atoms with E-state index in [0.29, 0.717) is 6.42 Å². The Kier molecular flexibility index (Phi) is 4.88. The van der Waals surface area contributed by atoms with E-state index < -0.39 is 29.9 Å². The molecule has 100 valence electrons. The highest BCUT2D eigenvalue weighted by molar-refractivity contribution is 5.95. The second-order valence-electron chi connectivity index (χ2n) is 3.96. The van der Waals surface area contributed by atoms with Crippen LogP contribution in [0.2, 0.25) is 0 Å². The highest BCUT2D eigenvalue weighted by atomic mass is 16.5. The van der Waals surface area contributed by atoms with Crippen molar-refractivity contribution in [1.29, 1.82) is 0 Å². The van der Waals surface area contributed by atoms with Crippen LogP contribution in [0.4, 0.5) is 0 Å². The molecule has 0 N–H and O–H groups in total. The molecule has 6 heteroatoms. The number of hydrogen-bond donors (Lipinski definition) is 0. The summed E-state index contributed by atoms with van der Waals surface area (Å²) >= 11 is 0. The molecule has 0 aromatic carbocycles. The van der Waals surface area contributed by atoms with Crippen molar-refractivity contribution in [3.63, 3.8) is 0 Å². The molecule has 2 unspecified atom stereocenters. The molecule has 0 bridgehead atoms. The Morgan fingerprint density at radius 2 is 1.67 bits per heavy atom. The Balaban J connectivity index is 2.72. The average Bonchev–Trinajstić information content (AvgIpc) is 2.76. The van der Waals surface area contributed by atoms with Crippen LogP contribution in [0.15, 0.2) is 12.2 Å². The van der Waals surface area contributed by atoms with E-state index in [9.17, 15) is 14.4 Å². The van der Waals surface area contributed by atoms with Gasteiger partial charge in [0, 0.05) is 12.8 Å². The Morgan fingerprint density at radius 3 is 2.11 bits per heavy atom. The third kappa shape index (κ3) is 3.32. The van der Waals surface area contributed by atoms with Crippen LogP contribution in [-0.4, -0.2) is 38.2 Å². The molecule has 1 aliphatic carbocycles. The number of ether oxygens (including phenoxy) is 3. The van der Waals surface area contributed by atoms with Gasteiger partial charge in [0.1, 0.15) is 6.10 Å². The second-order valence-corrected chi connectivity index (χ2v) is 3.96. The van der Waals surface area contributed by atoms with Crippen molar-refractivity contribution in [3.8, 4) is 0 Å². The number of esters is 3. The van der Waals surface area contributed by atoms with Gasteiger partial charge in [0.05, 0.1) is 14.2 Å². The van der Waals surface area contributed by atoms with Gasteiger partial charge in [0.15, 0.2) is 5.92 Å². The first-order chi connectivity index (χ1) is 8.49. The lowest BCUT2D eigenvalue weighted by Gasteiger charge is -2.18. The minimum atomic E-state index is -1.02. The molecule has 0 saturated carbocycles. The Bertz CT molecular complexity index is 357. The van der Waals surface area contributed by atoms with Gasteiger partial charge in [-0.15, -0.1) is 0 Å². The van der Waals surface area contributed by atoms with Gasteiger partial charge in [-0.3, -0.25) is 14.4 Å². The lowest BCUT2D eigenvalue weighted by molar-refractivity contribution is -0.160. The van der Waals surface area contributed by atoms with E-state index in [0.717, 1.165) is 0 Å². The molecule has 0 aromatic rings. The van der Waals surface area contributed by atoms with E-state index >= 15 is 0 Å². The first-order valence-corrected chi connectivity index (χ1v) is 5.50. The standard InChI is InChI=1S/C12H16O6/c1-7(13)18-9-5-4-8(6-9)10(11(14)16-2)12(15)17-3/h4-5,8-10H,6H2,1-3H3. The third-order valence-electron chi connectivity index (χ3n) is 2.73. The van der Waals surface area contributed by atoms with Crippen molar-refractivity contribution < 1.29 is 28.6 Å². The van der Waals surface area contributed by atoms with E-state index in [1.165, 1.54) is 21.1 Å². The molecular weight excluding hydrogens is 240 g/mol. The summed E-state index contributed by atoms with van der Waals surface area (Å²) in [5.41, 5.74) is 0. The van der Waals surface area contributed by atoms with Crippen molar-refractivity contribution in [2.45, 2.75) is 19.4 Å². The summed E-state index contributed by atoms with van der Waals surface area (Å²) in [6, 6.07) is 0. The van der Waals surface area contributed by atoms with Crippen LogP contribution in [0.3, 0.4) is 0 Å².